The van der Waals surface area contributed by atoms with Crippen molar-refractivity contribution in [1.29, 1.82) is 0 Å². The number of amides is 1. The fraction of sp³-hybridized carbons (Fsp3) is 0.222. The van der Waals surface area contributed by atoms with E-state index < -0.39 is 10.3 Å². The number of amidine groups is 1. The highest BCUT2D eigenvalue weighted by Gasteiger charge is 2.34. The third-order valence-corrected chi connectivity index (χ3v) is 3.22. The molecule has 0 bridgehead atoms. The molecule has 0 radical (unpaired) electrons. The van der Waals surface area contributed by atoms with Crippen molar-refractivity contribution < 1.29 is 18.9 Å². The van der Waals surface area contributed by atoms with Gasteiger partial charge in [0.15, 0.2) is 10.8 Å². The van der Waals surface area contributed by atoms with Crippen molar-refractivity contribution in [1.82, 2.24) is 10.3 Å². The summed E-state index contributed by atoms with van der Waals surface area (Å²) in [4.78, 5) is 25.7. The fourth-order valence-corrected chi connectivity index (χ4v) is 2.50. The van der Waals surface area contributed by atoms with Crippen LogP contribution < -0.4 is 5.32 Å². The molecular weight excluding hydrogens is 294 g/mol. The summed E-state index contributed by atoms with van der Waals surface area (Å²) in [6.07, 6.45) is -0.0240. The predicted octanol–water partition coefficient (Wildman–Crippen LogP) is 1.40. The van der Waals surface area contributed by atoms with E-state index in [1.807, 2.05) is 0 Å². The number of nitrogens with one attached hydrogen (secondary N) is 1. The monoisotopic (exact) mass is 302 g/mol. The molecule has 0 spiro atoms. The molecule has 0 aliphatic carbocycles. The molecule has 1 amide bonds. The van der Waals surface area contributed by atoms with E-state index in [1.54, 1.807) is 5.38 Å². The molecule has 1 aliphatic heterocycles. The van der Waals surface area contributed by atoms with Crippen molar-refractivity contribution in [3.05, 3.63) is 16.1 Å². The van der Waals surface area contributed by atoms with Gasteiger partial charge in [-0.3, -0.25) is 10.1 Å². The van der Waals surface area contributed by atoms with Crippen LogP contribution in [0.25, 0.3) is 0 Å². The third kappa shape index (κ3) is 3.34. The van der Waals surface area contributed by atoms with Crippen LogP contribution in [0.15, 0.2) is 15.6 Å². The number of nitrogens with zero attached hydrogens (tertiary/aromatic N) is 4. The number of carboxylic acid groups (broad SMARTS) is 1. The van der Waals surface area contributed by atoms with Gasteiger partial charge in [0.2, 0.25) is 24.2 Å². The van der Waals surface area contributed by atoms with Crippen LogP contribution in [0, 0.1) is 0 Å². The number of carbonyl (C=O) groups is 2. The number of carbonyl (C=O) groups excluding carboxylic acids is 1. The zero-order chi connectivity index (χ0) is 14.0. The van der Waals surface area contributed by atoms with Gasteiger partial charge in [-0.05, 0) is 10.2 Å². The SMILES string of the molecule is CC(=O)c1csc(C[N+]2(Cl)N=CC(NC(=O)O)=N2)n1. The van der Waals surface area contributed by atoms with Gasteiger partial charge in [-0.15, -0.1) is 11.3 Å². The van der Waals surface area contributed by atoms with Crippen molar-refractivity contribution in [3.63, 3.8) is 0 Å². The van der Waals surface area contributed by atoms with Crippen molar-refractivity contribution >= 4 is 47.0 Å². The maximum Gasteiger partial charge on any atom is 0.410 e. The second-order valence-corrected chi connectivity index (χ2v) is 5.13. The van der Waals surface area contributed by atoms with E-state index in [0.717, 1.165) is 0 Å². The van der Waals surface area contributed by atoms with E-state index in [0.29, 0.717) is 10.7 Å². The van der Waals surface area contributed by atoms with E-state index in [9.17, 15) is 9.59 Å². The summed E-state index contributed by atoms with van der Waals surface area (Å²) in [6.45, 7) is 1.55. The number of rotatable bonds is 3. The van der Waals surface area contributed by atoms with Gasteiger partial charge in [0, 0.05) is 16.5 Å². The number of hydrogen-bond donors (Lipinski definition) is 2. The van der Waals surface area contributed by atoms with E-state index >= 15 is 0 Å². The summed E-state index contributed by atoms with van der Waals surface area (Å²) in [7, 11) is 0. The second kappa shape index (κ2) is 5.03. The molecule has 19 heavy (non-hydrogen) atoms. The fourth-order valence-electron chi connectivity index (χ4n) is 1.32. The molecule has 2 heterocycles. The van der Waals surface area contributed by atoms with E-state index in [2.05, 4.69) is 20.5 Å². The van der Waals surface area contributed by atoms with Gasteiger partial charge in [0.05, 0.1) is 0 Å². The Morgan fingerprint density at radius 3 is 2.89 bits per heavy atom. The van der Waals surface area contributed by atoms with Crippen molar-refractivity contribution in [2.75, 3.05) is 0 Å². The van der Waals surface area contributed by atoms with Gasteiger partial charge in [-0.1, -0.05) is 0 Å². The van der Waals surface area contributed by atoms with Gasteiger partial charge in [0.25, 0.3) is 0 Å². The number of thiazole rings is 1. The van der Waals surface area contributed by atoms with Crippen LogP contribution in [0.3, 0.4) is 0 Å². The zero-order valence-corrected chi connectivity index (χ0v) is 11.3. The molecule has 2 N–H and O–H groups in total. The van der Waals surface area contributed by atoms with Gasteiger partial charge < -0.3 is 5.11 Å². The molecule has 1 unspecified atom stereocenters. The van der Waals surface area contributed by atoms with Crippen LogP contribution in [0.4, 0.5) is 4.79 Å². The van der Waals surface area contributed by atoms with Crippen LogP contribution in [-0.4, -0.2) is 38.2 Å². The van der Waals surface area contributed by atoms with E-state index in [-0.39, 0.29) is 18.2 Å². The first-order chi connectivity index (χ1) is 8.88. The van der Waals surface area contributed by atoms with Gasteiger partial charge in [-0.2, -0.15) is 0 Å². The molecule has 0 aromatic carbocycles. The largest absolute Gasteiger partial charge is 0.465 e. The lowest BCUT2D eigenvalue weighted by molar-refractivity contribution is -0.839. The highest BCUT2D eigenvalue weighted by Crippen LogP contribution is 2.25. The summed E-state index contributed by atoms with van der Waals surface area (Å²) in [6, 6.07) is 0. The summed E-state index contributed by atoms with van der Waals surface area (Å²) in [5.74, 6) is -0.0869. The van der Waals surface area contributed by atoms with Crippen molar-refractivity contribution in [2.45, 2.75) is 13.5 Å². The summed E-state index contributed by atoms with van der Waals surface area (Å²) >= 11 is 7.34. The Morgan fingerprint density at radius 2 is 2.32 bits per heavy atom. The first kappa shape index (κ1) is 13.6. The maximum absolute atomic E-state index is 11.1. The van der Waals surface area contributed by atoms with Crippen LogP contribution in [0.2, 0.25) is 0 Å². The second-order valence-electron chi connectivity index (χ2n) is 3.64. The van der Waals surface area contributed by atoms with Crippen LogP contribution in [0.5, 0.6) is 0 Å². The summed E-state index contributed by atoms with van der Waals surface area (Å²) < 4.78 is -0.611. The minimum absolute atomic E-state index is 0.0471. The molecule has 100 valence electrons. The predicted molar refractivity (Wildman–Crippen MR) is 69.0 cm³/mol. The Balaban J connectivity index is 2.10. The first-order valence-electron chi connectivity index (χ1n) is 5.07. The molecule has 1 aliphatic rings. The first-order valence-corrected chi connectivity index (χ1v) is 6.28. The molecule has 1 aromatic heterocycles. The van der Waals surface area contributed by atoms with E-state index in [4.69, 9.17) is 16.9 Å². The van der Waals surface area contributed by atoms with Crippen molar-refractivity contribution in [2.24, 2.45) is 10.2 Å². The van der Waals surface area contributed by atoms with Gasteiger partial charge in [-0.25, -0.2) is 9.78 Å². The number of hydrogen-bond acceptors (Lipinski definition) is 6. The van der Waals surface area contributed by atoms with Gasteiger partial charge in [0.1, 0.15) is 11.9 Å². The summed E-state index contributed by atoms with van der Waals surface area (Å²) in [5, 5.41) is 20.6. The normalized spacial score (nSPS) is 21.3. The Labute approximate surface area is 116 Å². The molecule has 2 rings (SSSR count). The number of quaternary nitrogens is 1. The third-order valence-electron chi connectivity index (χ3n) is 2.10. The molecule has 8 nitrogen and oxygen atoms in total. The molecule has 0 saturated carbocycles. The van der Waals surface area contributed by atoms with Crippen molar-refractivity contribution in [3.8, 4) is 0 Å². The molecule has 0 fully saturated rings. The highest BCUT2D eigenvalue weighted by molar-refractivity contribution is 7.09. The Bertz CT molecular complexity index is 598. The van der Waals surface area contributed by atoms with Crippen LogP contribution in [0.1, 0.15) is 22.4 Å². The number of Topliss-reactive ketones (excluding diaryl/α,β-unsaturated/α-hetero) is 1. The smallest absolute Gasteiger partial charge is 0.410 e. The Kier molecular flexibility index (Phi) is 3.60. The standard InChI is InChI=1S/C9H8ClN5O3S/c1-5(16)6-4-19-8(12-6)3-15(10)11-2-7(14-15)13-9(17)18/h2,4H,3H2,1H3,(H-,13,14,17,18)/p+1. The minimum atomic E-state index is -1.25. The van der Waals surface area contributed by atoms with Crippen LogP contribution >= 0.6 is 23.1 Å². The van der Waals surface area contributed by atoms with Gasteiger partial charge >= 0.3 is 6.09 Å². The lowest BCUT2D eigenvalue weighted by Crippen LogP contribution is -2.30. The molecule has 0 saturated heterocycles. The minimum Gasteiger partial charge on any atom is -0.465 e. The number of ketones is 1. The number of halogens is 1. The lowest BCUT2D eigenvalue weighted by atomic mass is 10.4. The van der Waals surface area contributed by atoms with Crippen LogP contribution in [-0.2, 0) is 6.54 Å². The zero-order valence-electron chi connectivity index (χ0n) is 9.70. The Hall–Kier alpha value is -1.84. The average molecular weight is 303 g/mol. The molecule has 1 atom stereocenters. The van der Waals surface area contributed by atoms with E-state index in [1.165, 1.54) is 24.5 Å². The highest BCUT2D eigenvalue weighted by atomic mass is 35.5. The number of aromatic nitrogens is 1. The Morgan fingerprint density at radius 1 is 1.58 bits per heavy atom. The lowest BCUT2D eigenvalue weighted by Gasteiger charge is -2.09. The molecular formula is C9H9ClN5O3S+. The topological polar surface area (TPSA) is 104 Å². The molecule has 1 aromatic rings. The quantitative estimate of drug-likeness (QED) is 0.650. The average Bonchev–Trinajstić information content (AvgIpc) is 2.86. The molecule has 10 heteroatoms. The summed E-state index contributed by atoms with van der Waals surface area (Å²) in [5.41, 5.74) is 0.360. The maximum atomic E-state index is 11.1.